The molecule has 0 amide bonds. The normalized spacial score (nSPS) is 12.1. The lowest BCUT2D eigenvalue weighted by Crippen LogP contribution is -2.68. The number of aliphatic carboxylic acids is 6. The van der Waals surface area contributed by atoms with E-state index in [9.17, 15) is 39.0 Å². The third kappa shape index (κ3) is 67.3. The van der Waals surface area contributed by atoms with Crippen LogP contribution in [0.3, 0.4) is 0 Å². The minimum atomic E-state index is -1.11. The van der Waals surface area contributed by atoms with Gasteiger partial charge >= 0.3 is 35.8 Å². The van der Waals surface area contributed by atoms with Crippen molar-refractivity contribution in [3.63, 3.8) is 0 Å². The van der Waals surface area contributed by atoms with Crippen LogP contribution in [0, 0.1) is 10.8 Å². The van der Waals surface area contributed by atoms with E-state index in [0.717, 1.165) is 321 Å². The standard InChI is InChI=1S/C89H168O16.C5H12O4/c90-79-87(80-91,88(73-61-49-37-25-13-1-7-19-31-43-55-67-81(92)93,74-62-50-38-26-14-2-8-20-32-44-56-68-82(94)95)104-77-65-53-41-29-17-5-11-23-35-47-59-71-85(100)101)89(75-63-51-39-27-15-3-9-21-33-45-57-69-83(96)97,76-64-52-40-28-16-4-10-22-34-46-58-70-84(98)99)105-78-66-54-42-30-18-6-12-24-36-48-60-72-86(102)103;6-1-5(2-7,3-8)4-9/h90-91H,1-80H2,(H,92,93)(H,94,95)(H,96,97)(H,98,99)(H,100,101)(H,102,103);6-9H,1-4H2. The van der Waals surface area contributed by atoms with Gasteiger partial charge in [-0.05, 0) is 77.0 Å². The van der Waals surface area contributed by atoms with Gasteiger partial charge in [0.1, 0.15) is 0 Å². The van der Waals surface area contributed by atoms with Gasteiger partial charge in [-0.2, -0.15) is 0 Å². The van der Waals surface area contributed by atoms with Crippen LogP contribution in [0.5, 0.6) is 0 Å². The van der Waals surface area contributed by atoms with Crippen molar-refractivity contribution in [2.75, 3.05) is 52.9 Å². The smallest absolute Gasteiger partial charge is 0.303 e. The molecule has 20 nitrogen and oxygen atoms in total. The van der Waals surface area contributed by atoms with Gasteiger partial charge in [-0.3, -0.25) is 28.8 Å². The van der Waals surface area contributed by atoms with Crippen LogP contribution in [0.4, 0.5) is 0 Å². The van der Waals surface area contributed by atoms with Gasteiger partial charge in [0.05, 0.1) is 61.7 Å². The number of rotatable bonds is 94. The fourth-order valence-electron chi connectivity index (χ4n) is 16.7. The molecule has 0 aliphatic heterocycles. The van der Waals surface area contributed by atoms with Crippen molar-refractivity contribution in [1.82, 2.24) is 0 Å². The largest absolute Gasteiger partial charge is 0.481 e. The molecular formula is C94H180O20. The van der Waals surface area contributed by atoms with Gasteiger partial charge in [-0.1, -0.05) is 372 Å². The quantitative estimate of drug-likeness (QED) is 0.0252. The summed E-state index contributed by atoms with van der Waals surface area (Å²) in [5.74, 6) is -4.28. The molecule has 20 heteroatoms. The molecule has 0 aromatic rings. The minimum absolute atomic E-state index is 0.220. The van der Waals surface area contributed by atoms with Gasteiger partial charge < -0.3 is 70.8 Å². The minimum Gasteiger partial charge on any atom is -0.481 e. The van der Waals surface area contributed by atoms with E-state index in [1.807, 2.05) is 0 Å². The third-order valence-electron chi connectivity index (χ3n) is 24.3. The molecule has 0 fully saturated rings. The Labute approximate surface area is 694 Å². The Bertz CT molecular complexity index is 1910. The number of carboxylic acid groups (broad SMARTS) is 6. The van der Waals surface area contributed by atoms with Gasteiger partial charge in [0.25, 0.3) is 0 Å². The van der Waals surface area contributed by atoms with Crippen molar-refractivity contribution in [3.05, 3.63) is 0 Å². The van der Waals surface area contributed by atoms with Crippen LogP contribution in [0.25, 0.3) is 0 Å². The van der Waals surface area contributed by atoms with Crippen LogP contribution in [0.2, 0.25) is 0 Å². The molecule has 0 spiro atoms. The average molecular weight is 1630 g/mol. The predicted octanol–water partition coefficient (Wildman–Crippen LogP) is 23.6. The zero-order valence-corrected chi connectivity index (χ0v) is 73.0. The van der Waals surface area contributed by atoms with E-state index >= 15 is 0 Å². The maximum atomic E-state index is 12.9. The SMILES string of the molecule is O=C(O)CCCCCCCCCCCCCOC(CCCCCCCCCCCCCC(=O)O)(CCCCCCCCCCCCCC(=O)O)C(CO)(CO)C(CCCCCCCCCCCCCC(=O)O)(CCCCCCCCCCCCCC(=O)O)OCCCCCCCCCCCCCC(=O)O.OCC(CO)(CO)CO. The fourth-order valence-corrected chi connectivity index (χ4v) is 16.7. The molecule has 0 aromatic heterocycles. The molecule has 0 unspecified atom stereocenters. The summed E-state index contributed by atoms with van der Waals surface area (Å²) in [6.07, 6.45) is 75.0. The van der Waals surface area contributed by atoms with Crippen LogP contribution in [-0.4, -0.2) is 161 Å². The molecule has 0 aliphatic carbocycles. The number of aliphatic hydroxyl groups is 6. The van der Waals surface area contributed by atoms with E-state index in [0.29, 0.717) is 13.2 Å². The summed E-state index contributed by atoms with van der Waals surface area (Å²) in [6, 6.07) is 0. The highest BCUT2D eigenvalue weighted by atomic mass is 16.5. The summed E-state index contributed by atoms with van der Waals surface area (Å²) in [4.78, 5) is 66.2. The molecule has 0 bridgehead atoms. The van der Waals surface area contributed by atoms with Crippen LogP contribution in [0.15, 0.2) is 0 Å². The fraction of sp³-hybridized carbons (Fsp3) is 0.936. The number of ether oxygens (including phenoxy) is 2. The number of unbranched alkanes of at least 4 members (excludes halogenated alkanes) is 60. The number of hydrogen-bond donors (Lipinski definition) is 12. The Hall–Kier alpha value is -3.50. The first-order valence-corrected chi connectivity index (χ1v) is 47.6. The van der Waals surface area contributed by atoms with E-state index in [4.69, 9.17) is 60.5 Å². The van der Waals surface area contributed by atoms with Crippen molar-refractivity contribution in [2.45, 2.75) is 499 Å². The van der Waals surface area contributed by atoms with Gasteiger partial charge in [0.2, 0.25) is 0 Å². The summed E-state index contributed by atoms with van der Waals surface area (Å²) < 4.78 is 15.6. The second kappa shape index (κ2) is 83.2. The Kier molecular flexibility index (Phi) is 82.1. The zero-order valence-electron chi connectivity index (χ0n) is 73.0. The molecule has 12 N–H and O–H groups in total. The first-order chi connectivity index (χ1) is 55.4. The predicted molar refractivity (Wildman–Crippen MR) is 461 cm³/mol. The Morgan fingerprint density at radius 3 is 0.404 bits per heavy atom. The van der Waals surface area contributed by atoms with E-state index in [2.05, 4.69) is 0 Å². The summed E-state index contributed by atoms with van der Waals surface area (Å²) in [5, 5.41) is 114. The van der Waals surface area contributed by atoms with Crippen molar-refractivity contribution >= 4 is 35.8 Å². The molecule has 0 saturated carbocycles. The summed E-state index contributed by atoms with van der Waals surface area (Å²) in [5.41, 5.74) is -3.90. The van der Waals surface area contributed by atoms with Crippen LogP contribution in [-0.2, 0) is 38.2 Å². The zero-order chi connectivity index (χ0) is 84.3. The molecule has 0 rings (SSSR count). The van der Waals surface area contributed by atoms with Gasteiger partial charge in [0.15, 0.2) is 0 Å². The molecule has 0 radical (unpaired) electrons. The Morgan fingerprint density at radius 2 is 0.289 bits per heavy atom. The van der Waals surface area contributed by atoms with Crippen LogP contribution < -0.4 is 0 Å². The second-order valence-electron chi connectivity index (χ2n) is 34.4. The molecule has 0 saturated heterocycles. The third-order valence-corrected chi connectivity index (χ3v) is 24.3. The van der Waals surface area contributed by atoms with Crippen LogP contribution in [0.1, 0.15) is 488 Å². The van der Waals surface area contributed by atoms with Crippen molar-refractivity contribution < 1.29 is 99.5 Å². The van der Waals surface area contributed by atoms with Crippen molar-refractivity contribution in [2.24, 2.45) is 10.8 Å². The molecule has 676 valence electrons. The van der Waals surface area contributed by atoms with E-state index in [1.54, 1.807) is 0 Å². The summed E-state index contributed by atoms with van der Waals surface area (Å²) in [6.45, 7) is -0.934. The lowest BCUT2D eigenvalue weighted by atomic mass is 9.56. The van der Waals surface area contributed by atoms with Gasteiger partial charge in [0, 0.05) is 51.7 Å². The molecule has 0 atom stereocenters. The van der Waals surface area contributed by atoms with Crippen molar-refractivity contribution in [1.29, 1.82) is 0 Å². The second-order valence-corrected chi connectivity index (χ2v) is 34.4. The first kappa shape index (κ1) is 113. The number of aliphatic hydroxyl groups excluding tert-OH is 6. The highest BCUT2D eigenvalue weighted by Gasteiger charge is 2.63. The highest BCUT2D eigenvalue weighted by molar-refractivity contribution is 5.68. The monoisotopic (exact) mass is 1630 g/mol. The molecular weight excluding hydrogens is 1450 g/mol. The highest BCUT2D eigenvalue weighted by Crippen LogP contribution is 2.55. The Balaban J connectivity index is 0. The number of carboxylic acids is 6. The molecule has 0 aromatic carbocycles. The average Bonchev–Trinajstić information content (AvgIpc) is 0.724. The lowest BCUT2D eigenvalue weighted by Gasteiger charge is -2.59. The van der Waals surface area contributed by atoms with Crippen LogP contribution >= 0.6 is 0 Å². The van der Waals surface area contributed by atoms with Gasteiger partial charge in [-0.25, -0.2) is 0 Å². The van der Waals surface area contributed by atoms with E-state index < -0.39 is 84.3 Å². The van der Waals surface area contributed by atoms with Crippen molar-refractivity contribution in [3.8, 4) is 0 Å². The molecule has 114 heavy (non-hydrogen) atoms. The summed E-state index contributed by atoms with van der Waals surface area (Å²) >= 11 is 0. The van der Waals surface area contributed by atoms with E-state index in [-0.39, 0.29) is 51.7 Å². The van der Waals surface area contributed by atoms with E-state index in [1.165, 1.54) is 128 Å². The number of hydrogen-bond acceptors (Lipinski definition) is 14. The maximum absolute atomic E-state index is 12.9. The van der Waals surface area contributed by atoms with Gasteiger partial charge in [-0.15, -0.1) is 0 Å². The Morgan fingerprint density at radius 1 is 0.167 bits per heavy atom. The topological polar surface area (TPSA) is 364 Å². The first-order valence-electron chi connectivity index (χ1n) is 47.6. The maximum Gasteiger partial charge on any atom is 0.303 e. The summed E-state index contributed by atoms with van der Waals surface area (Å²) in [7, 11) is 0. The number of carbonyl (C=O) groups is 6. The lowest BCUT2D eigenvalue weighted by molar-refractivity contribution is -0.274. The molecule has 0 aliphatic rings. The molecule has 0 heterocycles.